The van der Waals surface area contributed by atoms with E-state index in [1.54, 1.807) is 34.0 Å². The minimum atomic E-state index is -2.46. The zero-order valence-corrected chi connectivity index (χ0v) is 45.2. The van der Waals surface area contributed by atoms with Gasteiger partial charge in [-0.05, 0) is 120 Å². The van der Waals surface area contributed by atoms with E-state index in [9.17, 15) is 39.3 Å². The summed E-state index contributed by atoms with van der Waals surface area (Å²) in [4.78, 5) is 72.8. The van der Waals surface area contributed by atoms with Crippen LogP contribution in [-0.2, 0) is 57.1 Å². The Kier molecular flexibility index (Phi) is 24.1. The lowest BCUT2D eigenvalue weighted by atomic mass is 9.78. The molecule has 2 bridgehead atoms. The van der Waals surface area contributed by atoms with Gasteiger partial charge in [-0.15, -0.1) is 0 Å². The van der Waals surface area contributed by atoms with Crippen molar-refractivity contribution in [3.8, 4) is 0 Å². The summed E-state index contributed by atoms with van der Waals surface area (Å²) >= 11 is 0. The van der Waals surface area contributed by atoms with Gasteiger partial charge in [0.05, 0.1) is 50.3 Å². The van der Waals surface area contributed by atoms with Crippen LogP contribution in [-0.4, -0.2) is 157 Å². The van der Waals surface area contributed by atoms with Crippen LogP contribution in [0.3, 0.4) is 0 Å². The van der Waals surface area contributed by atoms with E-state index in [0.29, 0.717) is 76.6 Å². The van der Waals surface area contributed by atoms with Gasteiger partial charge in [-0.25, -0.2) is 4.79 Å². The summed E-state index contributed by atoms with van der Waals surface area (Å²) in [5, 5.41) is 33.1. The van der Waals surface area contributed by atoms with Crippen molar-refractivity contribution in [2.75, 3.05) is 47.2 Å². The fraction of sp³-hybridized carbons (Fsp3) is 0.772. The van der Waals surface area contributed by atoms with Gasteiger partial charge in [0.15, 0.2) is 5.78 Å². The third-order valence-corrected chi connectivity index (χ3v) is 16.1. The Hall–Kier alpha value is -3.45. The molecule has 0 radical (unpaired) electrons. The van der Waals surface area contributed by atoms with E-state index in [2.05, 4.69) is 0 Å². The first-order valence-electron chi connectivity index (χ1n) is 27.2. The maximum atomic E-state index is 14.6. The number of aliphatic hydroxyl groups is 3. The van der Waals surface area contributed by atoms with Crippen LogP contribution in [0.2, 0.25) is 0 Å². The van der Waals surface area contributed by atoms with Gasteiger partial charge in [-0.3, -0.25) is 19.2 Å². The molecule has 1 aliphatic carbocycles. The number of esters is 1. The average molecular weight is 1030 g/mol. The Morgan fingerprint density at radius 3 is 2.32 bits per heavy atom. The van der Waals surface area contributed by atoms with Crippen LogP contribution in [0, 0.1) is 35.5 Å². The van der Waals surface area contributed by atoms with Crippen molar-refractivity contribution < 1.29 is 72.5 Å². The number of carbonyl (C=O) groups excluding carboxylic acids is 5. The van der Waals surface area contributed by atoms with Crippen LogP contribution in [0.4, 0.5) is 0 Å². The van der Waals surface area contributed by atoms with Crippen molar-refractivity contribution in [3.63, 3.8) is 0 Å². The lowest BCUT2D eigenvalue weighted by Crippen LogP contribution is -2.61. The van der Waals surface area contributed by atoms with Gasteiger partial charge >= 0.3 is 5.97 Å². The lowest BCUT2D eigenvalue weighted by Gasteiger charge is -2.43. The second kappa shape index (κ2) is 29.2. The number of aliphatic hydroxyl groups excluding tert-OH is 2. The number of fused-ring (bicyclic) bond motifs is 3. The molecule has 0 spiro atoms. The second-order valence-electron chi connectivity index (χ2n) is 21.9. The normalized spacial score (nSPS) is 39.4. The predicted molar refractivity (Wildman–Crippen MR) is 274 cm³/mol. The van der Waals surface area contributed by atoms with Crippen LogP contribution >= 0.6 is 0 Å². The molecule has 412 valence electrons. The maximum absolute atomic E-state index is 14.6. The number of amides is 1. The summed E-state index contributed by atoms with van der Waals surface area (Å²) < 4.78 is 42.3. The quantitative estimate of drug-likeness (QED) is 0.111. The highest BCUT2D eigenvalue weighted by molar-refractivity contribution is 6.39. The number of carbonyl (C=O) groups is 5. The number of hydrogen-bond acceptors (Lipinski definition) is 15. The topological polar surface area (TPSA) is 214 Å². The summed E-state index contributed by atoms with van der Waals surface area (Å²) in [5.41, 5.74) is 1.27. The van der Waals surface area contributed by atoms with Crippen LogP contribution < -0.4 is 0 Å². The molecule has 4 aliphatic heterocycles. The highest BCUT2D eigenvalue weighted by Crippen LogP contribution is 2.38. The maximum Gasteiger partial charge on any atom is 0.329 e. The van der Waals surface area contributed by atoms with Crippen molar-refractivity contribution in [2.45, 2.75) is 199 Å². The first kappa shape index (κ1) is 60.4. The minimum Gasteiger partial charge on any atom is -0.460 e. The van der Waals surface area contributed by atoms with Gasteiger partial charge in [-0.2, -0.15) is 0 Å². The highest BCUT2D eigenvalue weighted by Gasteiger charge is 2.53. The molecule has 73 heavy (non-hydrogen) atoms. The number of piperidine rings is 1. The average Bonchev–Trinajstić information content (AvgIpc) is 3.90. The van der Waals surface area contributed by atoms with Gasteiger partial charge in [0.1, 0.15) is 30.1 Å². The Labute approximate surface area is 434 Å². The molecule has 0 aromatic rings. The van der Waals surface area contributed by atoms with Crippen LogP contribution in [0.5, 0.6) is 0 Å². The third kappa shape index (κ3) is 16.8. The molecule has 4 heterocycles. The third-order valence-electron chi connectivity index (χ3n) is 16.1. The van der Waals surface area contributed by atoms with Crippen molar-refractivity contribution in [1.29, 1.82) is 0 Å². The Balaban J connectivity index is 1.47. The summed E-state index contributed by atoms with van der Waals surface area (Å²) in [5.74, 6) is -8.06. The zero-order valence-electron chi connectivity index (χ0n) is 45.2. The Morgan fingerprint density at radius 2 is 1.62 bits per heavy atom. The minimum absolute atomic E-state index is 0.00262. The molecule has 16 nitrogen and oxygen atoms in total. The molecule has 5 aliphatic rings. The van der Waals surface area contributed by atoms with Gasteiger partial charge in [0.2, 0.25) is 5.79 Å². The monoisotopic (exact) mass is 1030 g/mol. The number of rotatable bonds is 11. The molecular formula is C57H89NO15. The molecule has 3 saturated heterocycles. The second-order valence-corrected chi connectivity index (χ2v) is 21.9. The highest BCUT2D eigenvalue weighted by atomic mass is 16.6. The summed E-state index contributed by atoms with van der Waals surface area (Å²) in [6, 6.07) is -1.16. The van der Waals surface area contributed by atoms with Gasteiger partial charge in [0, 0.05) is 58.0 Å². The van der Waals surface area contributed by atoms with Crippen molar-refractivity contribution in [2.24, 2.45) is 35.5 Å². The van der Waals surface area contributed by atoms with E-state index in [4.69, 9.17) is 33.2 Å². The van der Waals surface area contributed by atoms with Crippen molar-refractivity contribution >= 4 is 29.2 Å². The molecular weight excluding hydrogens is 939 g/mol. The molecule has 3 N–H and O–H groups in total. The molecule has 5 rings (SSSR count). The first-order valence-corrected chi connectivity index (χ1v) is 27.2. The Morgan fingerprint density at radius 1 is 0.849 bits per heavy atom. The van der Waals surface area contributed by atoms with E-state index in [0.717, 1.165) is 24.8 Å². The molecule has 4 fully saturated rings. The van der Waals surface area contributed by atoms with E-state index in [-0.39, 0.29) is 80.2 Å². The van der Waals surface area contributed by atoms with Gasteiger partial charge in [0.25, 0.3) is 11.7 Å². The smallest absolute Gasteiger partial charge is 0.329 e. The molecule has 1 saturated carbocycles. The van der Waals surface area contributed by atoms with Crippen LogP contribution in [0.15, 0.2) is 47.6 Å². The summed E-state index contributed by atoms with van der Waals surface area (Å²) in [7, 11) is 3.01. The number of hydrogen-bond donors (Lipinski definition) is 3. The van der Waals surface area contributed by atoms with E-state index < -0.39 is 77.8 Å². The number of ether oxygens (including phenoxy) is 7. The van der Waals surface area contributed by atoms with E-state index in [1.165, 1.54) is 12.0 Å². The number of nitrogens with zero attached hydrogens (tertiary/aromatic N) is 1. The SMILES string of the molecule is COC1CC(CC(C)C2CC(=O)C(C)/C=C(\C)C(O)C(OC)C(=O)C(C)CC(C)/C=C/C=C/C=C(\C)C(OCC3CCCO3)CC3CCC(C)C(O)(O3)C(=O)C(=O)N3CCCCC3C(=O)O2)CCC1OCCO. The van der Waals surface area contributed by atoms with Gasteiger partial charge in [-0.1, -0.05) is 71.1 Å². The van der Waals surface area contributed by atoms with Crippen LogP contribution in [0.25, 0.3) is 0 Å². The van der Waals surface area contributed by atoms with E-state index >= 15 is 0 Å². The number of Topliss-reactive ketones (excluding diaryl/α,β-unsaturated/α-hetero) is 3. The molecule has 0 aromatic heterocycles. The molecule has 0 aromatic carbocycles. The van der Waals surface area contributed by atoms with Crippen molar-refractivity contribution in [3.05, 3.63) is 47.6 Å². The number of cyclic esters (lactones) is 1. The molecule has 16 unspecified atom stereocenters. The fourth-order valence-corrected chi connectivity index (χ4v) is 11.4. The predicted octanol–water partition coefficient (Wildman–Crippen LogP) is 6.75. The molecule has 16 atom stereocenters. The number of methoxy groups -OCH3 is 2. The molecule has 16 heteroatoms. The van der Waals surface area contributed by atoms with E-state index in [1.807, 2.05) is 58.1 Å². The van der Waals surface area contributed by atoms with Crippen LogP contribution in [0.1, 0.15) is 138 Å². The lowest BCUT2D eigenvalue weighted by molar-refractivity contribution is -0.266. The number of allylic oxidation sites excluding steroid dienone is 6. The largest absolute Gasteiger partial charge is 0.460 e. The van der Waals surface area contributed by atoms with Crippen molar-refractivity contribution in [1.82, 2.24) is 4.90 Å². The summed E-state index contributed by atoms with van der Waals surface area (Å²) in [6.45, 7) is 14.0. The Bertz CT molecular complexity index is 1940. The number of ketones is 3. The van der Waals surface area contributed by atoms with Gasteiger partial charge < -0.3 is 53.4 Å². The summed E-state index contributed by atoms with van der Waals surface area (Å²) in [6.07, 6.45) is 13.7. The molecule has 1 amide bonds. The standard InChI is InChI=1S/C57H89NO15/c1-35-16-11-10-12-17-36(2)48(71-34-44-18-15-26-69-44)32-43-22-20-41(7)57(66,73-43)54(63)55(64)58-24-14-13-19-45(58)56(65)72-49(38(4)30-42-21-23-47(70-27-25-59)50(31-42)67-8)33-46(60)37(3)29-40(6)52(62)53(68-9)51(61)39(5)28-35/h10-12,16-17,29,35,37-39,41-45,47-50,52-53,59,62,66H,13-15,18-28,30-34H2,1-9H3/b12-10+,16-11+,36-17+,40-29+. The zero-order chi connectivity index (χ0) is 53.4. The first-order chi connectivity index (χ1) is 34.8. The fourth-order valence-electron chi connectivity index (χ4n) is 11.4.